The van der Waals surface area contributed by atoms with Crippen LogP contribution < -0.4 is 16.4 Å². The standard InChI is InChI=1S/C17H22ClN3O4/c1-10(11-2-3-11)20-15(22)9-25-16(23)8-14(21-17(19)24)12-4-6-13(18)7-5-12/h4-7,10-11,14H,2-3,8-9H2,1H3,(H,20,22)(H3,19,21,24)/t10-,14-/m0/s1. The minimum absolute atomic E-state index is 0.0875. The molecular weight excluding hydrogens is 346 g/mol. The van der Waals surface area contributed by atoms with Crippen LogP contribution in [0.15, 0.2) is 24.3 Å². The van der Waals surface area contributed by atoms with Gasteiger partial charge < -0.3 is 21.1 Å². The van der Waals surface area contributed by atoms with Crippen LogP contribution in [-0.4, -0.2) is 30.6 Å². The van der Waals surface area contributed by atoms with Crippen LogP contribution in [0.5, 0.6) is 0 Å². The highest BCUT2D eigenvalue weighted by Gasteiger charge is 2.29. The molecule has 2 rings (SSSR count). The summed E-state index contributed by atoms with van der Waals surface area (Å²) < 4.78 is 4.99. The third kappa shape index (κ3) is 6.62. The number of primary amides is 1. The second kappa shape index (κ2) is 8.71. The number of nitrogens with two attached hydrogens (primary N) is 1. The number of esters is 1. The molecular formula is C17H22ClN3O4. The van der Waals surface area contributed by atoms with E-state index in [1.54, 1.807) is 24.3 Å². The third-order valence-electron chi connectivity index (χ3n) is 4.04. The molecule has 0 bridgehead atoms. The summed E-state index contributed by atoms with van der Waals surface area (Å²) in [4.78, 5) is 34.9. The van der Waals surface area contributed by atoms with Crippen molar-refractivity contribution in [2.45, 2.75) is 38.3 Å². The van der Waals surface area contributed by atoms with Gasteiger partial charge in [-0.05, 0) is 43.4 Å². The molecule has 7 nitrogen and oxygen atoms in total. The van der Waals surface area contributed by atoms with E-state index in [1.807, 2.05) is 6.92 Å². The molecule has 4 N–H and O–H groups in total. The molecule has 0 radical (unpaired) electrons. The summed E-state index contributed by atoms with van der Waals surface area (Å²) in [5, 5.41) is 5.82. The summed E-state index contributed by atoms with van der Waals surface area (Å²) in [6, 6.07) is 5.32. The van der Waals surface area contributed by atoms with Gasteiger partial charge in [-0.3, -0.25) is 9.59 Å². The topological polar surface area (TPSA) is 111 Å². The largest absolute Gasteiger partial charge is 0.456 e. The highest BCUT2D eigenvalue weighted by molar-refractivity contribution is 6.30. The number of carbonyl (C=O) groups excluding carboxylic acids is 3. The Balaban J connectivity index is 1.84. The highest BCUT2D eigenvalue weighted by atomic mass is 35.5. The molecule has 0 spiro atoms. The first kappa shape index (κ1) is 19.1. The lowest BCUT2D eigenvalue weighted by atomic mass is 10.0. The van der Waals surface area contributed by atoms with E-state index in [0.717, 1.165) is 12.8 Å². The number of benzene rings is 1. The Morgan fingerprint density at radius 3 is 2.44 bits per heavy atom. The zero-order chi connectivity index (χ0) is 18.4. The number of rotatable bonds is 8. The summed E-state index contributed by atoms with van der Waals surface area (Å²) in [6.45, 7) is 1.59. The number of carbonyl (C=O) groups is 3. The molecule has 0 aliphatic heterocycles. The zero-order valence-corrected chi connectivity index (χ0v) is 14.7. The van der Waals surface area contributed by atoms with E-state index >= 15 is 0 Å². The fraction of sp³-hybridized carbons (Fsp3) is 0.471. The van der Waals surface area contributed by atoms with Gasteiger partial charge in [-0.1, -0.05) is 23.7 Å². The van der Waals surface area contributed by atoms with Gasteiger partial charge in [-0.2, -0.15) is 0 Å². The van der Waals surface area contributed by atoms with E-state index < -0.39 is 18.0 Å². The second-order valence-corrected chi connectivity index (χ2v) is 6.61. The molecule has 136 valence electrons. The van der Waals surface area contributed by atoms with E-state index in [9.17, 15) is 14.4 Å². The molecule has 1 aliphatic rings. The normalized spacial score (nSPS) is 15.8. The van der Waals surface area contributed by atoms with E-state index in [2.05, 4.69) is 10.6 Å². The van der Waals surface area contributed by atoms with Crippen molar-refractivity contribution in [1.82, 2.24) is 10.6 Å². The Bertz CT molecular complexity index is 631. The summed E-state index contributed by atoms with van der Waals surface area (Å²) >= 11 is 5.83. The van der Waals surface area contributed by atoms with Gasteiger partial charge in [0.25, 0.3) is 5.91 Å². The summed E-state index contributed by atoms with van der Waals surface area (Å²) in [5.74, 6) is -0.421. The van der Waals surface area contributed by atoms with E-state index in [1.165, 1.54) is 0 Å². The van der Waals surface area contributed by atoms with Crippen molar-refractivity contribution in [1.29, 1.82) is 0 Å². The molecule has 0 unspecified atom stereocenters. The number of nitrogens with one attached hydrogen (secondary N) is 2. The predicted molar refractivity (Wildman–Crippen MR) is 92.8 cm³/mol. The summed E-state index contributed by atoms with van der Waals surface area (Å²) in [6.07, 6.45) is 2.08. The lowest BCUT2D eigenvalue weighted by Gasteiger charge is -2.18. The van der Waals surface area contributed by atoms with Crippen molar-refractivity contribution in [2.75, 3.05) is 6.61 Å². The molecule has 1 saturated carbocycles. The molecule has 0 aromatic heterocycles. The fourth-order valence-corrected chi connectivity index (χ4v) is 2.63. The second-order valence-electron chi connectivity index (χ2n) is 6.17. The van der Waals surface area contributed by atoms with Gasteiger partial charge >= 0.3 is 12.0 Å². The van der Waals surface area contributed by atoms with Gasteiger partial charge in [0, 0.05) is 11.1 Å². The molecule has 0 saturated heterocycles. The minimum Gasteiger partial charge on any atom is -0.456 e. The molecule has 1 aromatic rings. The Hall–Kier alpha value is -2.28. The summed E-state index contributed by atoms with van der Waals surface area (Å²) in [7, 11) is 0. The maximum atomic E-state index is 12.0. The van der Waals surface area contributed by atoms with Crippen molar-refractivity contribution < 1.29 is 19.1 Å². The molecule has 25 heavy (non-hydrogen) atoms. The van der Waals surface area contributed by atoms with Gasteiger partial charge in [0.15, 0.2) is 6.61 Å². The van der Waals surface area contributed by atoms with Crippen LogP contribution in [-0.2, 0) is 14.3 Å². The molecule has 1 aromatic carbocycles. The number of halogens is 1. The van der Waals surface area contributed by atoms with Gasteiger partial charge in [-0.25, -0.2) is 4.79 Å². The van der Waals surface area contributed by atoms with Gasteiger partial charge in [0.1, 0.15) is 0 Å². The average molecular weight is 368 g/mol. The zero-order valence-electron chi connectivity index (χ0n) is 14.0. The van der Waals surface area contributed by atoms with Crippen LogP contribution in [0.1, 0.15) is 37.8 Å². The Kier molecular flexibility index (Phi) is 6.64. The average Bonchev–Trinajstić information content (AvgIpc) is 3.37. The smallest absolute Gasteiger partial charge is 0.312 e. The van der Waals surface area contributed by atoms with Crippen LogP contribution in [0.4, 0.5) is 4.79 Å². The maximum absolute atomic E-state index is 12.0. The van der Waals surface area contributed by atoms with Crippen LogP contribution in [0.25, 0.3) is 0 Å². The van der Waals surface area contributed by atoms with Crippen molar-refractivity contribution in [2.24, 2.45) is 11.7 Å². The lowest BCUT2D eigenvalue weighted by Crippen LogP contribution is -2.38. The molecule has 2 atom stereocenters. The minimum atomic E-state index is -0.760. The Morgan fingerprint density at radius 2 is 1.88 bits per heavy atom. The first-order valence-electron chi connectivity index (χ1n) is 8.11. The van der Waals surface area contributed by atoms with Gasteiger partial charge in [0.2, 0.25) is 0 Å². The summed E-state index contributed by atoms with van der Waals surface area (Å²) in [5.41, 5.74) is 5.81. The number of ether oxygens (including phenoxy) is 1. The van der Waals surface area contributed by atoms with Crippen molar-refractivity contribution in [3.05, 3.63) is 34.9 Å². The molecule has 3 amide bonds. The van der Waals surface area contributed by atoms with Gasteiger partial charge in [-0.15, -0.1) is 0 Å². The van der Waals surface area contributed by atoms with E-state index in [-0.39, 0.29) is 25.0 Å². The maximum Gasteiger partial charge on any atom is 0.312 e. The quantitative estimate of drug-likeness (QED) is 0.609. The van der Waals surface area contributed by atoms with Crippen molar-refractivity contribution in [3.63, 3.8) is 0 Å². The highest BCUT2D eigenvalue weighted by Crippen LogP contribution is 2.32. The number of urea groups is 1. The van der Waals surface area contributed by atoms with E-state index in [4.69, 9.17) is 22.1 Å². The number of amides is 3. The van der Waals surface area contributed by atoms with Crippen molar-refractivity contribution >= 4 is 29.5 Å². The van der Waals surface area contributed by atoms with Crippen LogP contribution in [0, 0.1) is 5.92 Å². The van der Waals surface area contributed by atoms with Crippen LogP contribution in [0.2, 0.25) is 5.02 Å². The SMILES string of the molecule is C[C@H](NC(=O)COC(=O)C[C@H](NC(N)=O)c1ccc(Cl)cc1)C1CC1. The van der Waals surface area contributed by atoms with Crippen molar-refractivity contribution in [3.8, 4) is 0 Å². The molecule has 0 heterocycles. The third-order valence-corrected chi connectivity index (χ3v) is 4.29. The first-order chi connectivity index (χ1) is 11.8. The fourth-order valence-electron chi connectivity index (χ4n) is 2.50. The van der Waals surface area contributed by atoms with Gasteiger partial charge in [0.05, 0.1) is 12.5 Å². The Labute approximate surface area is 151 Å². The number of hydrogen-bond donors (Lipinski definition) is 3. The molecule has 1 fully saturated rings. The predicted octanol–water partition coefficient (Wildman–Crippen LogP) is 1.90. The van der Waals surface area contributed by atoms with Crippen LogP contribution in [0.3, 0.4) is 0 Å². The molecule has 8 heteroatoms. The number of hydrogen-bond acceptors (Lipinski definition) is 4. The Morgan fingerprint density at radius 1 is 1.24 bits per heavy atom. The first-order valence-corrected chi connectivity index (χ1v) is 8.49. The lowest BCUT2D eigenvalue weighted by molar-refractivity contribution is -0.149. The monoisotopic (exact) mass is 367 g/mol. The van der Waals surface area contributed by atoms with E-state index in [0.29, 0.717) is 16.5 Å². The van der Waals surface area contributed by atoms with Crippen LogP contribution >= 0.6 is 11.6 Å². The molecule has 1 aliphatic carbocycles.